The number of nitrogens with one attached hydrogen (secondary N) is 1. The van der Waals surface area contributed by atoms with E-state index in [0.29, 0.717) is 49.6 Å². The van der Waals surface area contributed by atoms with Crippen LogP contribution >= 0.6 is 0 Å². The second-order valence-electron chi connectivity index (χ2n) is 11.0. The van der Waals surface area contributed by atoms with Crippen molar-refractivity contribution in [2.24, 2.45) is 0 Å². The van der Waals surface area contributed by atoms with Crippen LogP contribution in [-0.2, 0) is 9.59 Å². The van der Waals surface area contributed by atoms with Gasteiger partial charge < -0.3 is 24.8 Å². The normalized spacial score (nSPS) is 15.9. The summed E-state index contributed by atoms with van der Waals surface area (Å²) < 4.78 is 5.19. The van der Waals surface area contributed by atoms with Crippen molar-refractivity contribution in [3.05, 3.63) is 115 Å². The molecule has 0 radical (unpaired) electrons. The lowest BCUT2D eigenvalue weighted by atomic mass is 9.85. The lowest BCUT2D eigenvalue weighted by Crippen LogP contribution is -2.57. The molecule has 4 aromatic carbocycles. The Hall–Kier alpha value is -5.11. The Morgan fingerprint density at radius 1 is 0.791 bits per heavy atom. The minimum atomic E-state index is -0.824. The number of benzene rings is 4. The van der Waals surface area contributed by atoms with Crippen molar-refractivity contribution in [2.45, 2.75) is 18.4 Å². The first-order valence-electron chi connectivity index (χ1n) is 14.5. The lowest BCUT2D eigenvalue weighted by Gasteiger charge is -2.43. The van der Waals surface area contributed by atoms with Crippen LogP contribution in [0, 0.1) is 0 Å². The summed E-state index contributed by atoms with van der Waals surface area (Å²) in [5.41, 5.74) is 3.52. The molecule has 6 rings (SSSR count). The van der Waals surface area contributed by atoms with E-state index in [-0.39, 0.29) is 24.3 Å². The first-order valence-corrected chi connectivity index (χ1v) is 14.5. The van der Waals surface area contributed by atoms with Gasteiger partial charge in [0.2, 0.25) is 5.91 Å². The molecule has 0 saturated carbocycles. The molecule has 2 aliphatic heterocycles. The molecular formula is C35H34N4O4. The number of carbonyl (C=O) groups is 3. The molecule has 1 N–H and O–H groups in total. The highest BCUT2D eigenvalue weighted by molar-refractivity contribution is 6.00. The first-order chi connectivity index (χ1) is 21.0. The molecule has 2 fully saturated rings. The SMILES string of the molecule is COc1ccc(NC(=O)CN2CN(c3ccccc3)C3(CCN(C(=O)c4ccc(-c5ccccc5)cc4)CC3)C2=O)cc1. The van der Waals surface area contributed by atoms with Crippen LogP contribution in [0.1, 0.15) is 23.2 Å². The van der Waals surface area contributed by atoms with Gasteiger partial charge in [0.05, 0.1) is 13.8 Å². The molecule has 0 aliphatic carbocycles. The number of para-hydroxylation sites is 1. The molecule has 4 aromatic rings. The Morgan fingerprint density at radius 3 is 2.02 bits per heavy atom. The van der Waals surface area contributed by atoms with Gasteiger partial charge in [0.25, 0.3) is 11.8 Å². The third-order valence-corrected chi connectivity index (χ3v) is 8.41. The van der Waals surface area contributed by atoms with E-state index in [9.17, 15) is 14.4 Å². The van der Waals surface area contributed by atoms with Crippen LogP contribution in [0.15, 0.2) is 109 Å². The number of piperidine rings is 1. The van der Waals surface area contributed by atoms with Crippen molar-refractivity contribution < 1.29 is 19.1 Å². The van der Waals surface area contributed by atoms with E-state index >= 15 is 0 Å². The number of anilines is 2. The fraction of sp³-hybridized carbons (Fsp3) is 0.229. The monoisotopic (exact) mass is 574 g/mol. The zero-order chi connectivity index (χ0) is 29.8. The fourth-order valence-electron chi connectivity index (χ4n) is 6.07. The van der Waals surface area contributed by atoms with Gasteiger partial charge in [-0.3, -0.25) is 14.4 Å². The molecule has 0 bridgehead atoms. The topological polar surface area (TPSA) is 82.2 Å². The van der Waals surface area contributed by atoms with Crippen molar-refractivity contribution in [3.8, 4) is 16.9 Å². The maximum Gasteiger partial charge on any atom is 0.253 e. The van der Waals surface area contributed by atoms with Crippen LogP contribution in [0.2, 0.25) is 0 Å². The summed E-state index contributed by atoms with van der Waals surface area (Å²) in [4.78, 5) is 46.0. The fourth-order valence-corrected chi connectivity index (χ4v) is 6.07. The van der Waals surface area contributed by atoms with Crippen LogP contribution in [0.25, 0.3) is 11.1 Å². The van der Waals surface area contributed by atoms with Crippen LogP contribution in [0.3, 0.4) is 0 Å². The predicted molar refractivity (Wildman–Crippen MR) is 167 cm³/mol. The van der Waals surface area contributed by atoms with Gasteiger partial charge in [0.15, 0.2) is 0 Å². The summed E-state index contributed by atoms with van der Waals surface area (Å²) in [7, 11) is 1.59. The second-order valence-corrected chi connectivity index (χ2v) is 11.0. The van der Waals surface area contributed by atoms with Crippen LogP contribution < -0.4 is 15.0 Å². The number of likely N-dealkylation sites (tertiary alicyclic amines) is 1. The molecule has 8 nitrogen and oxygen atoms in total. The summed E-state index contributed by atoms with van der Waals surface area (Å²) in [6, 6.07) is 34.6. The van der Waals surface area contributed by atoms with E-state index in [1.807, 2.05) is 89.8 Å². The van der Waals surface area contributed by atoms with Crippen LogP contribution in [-0.4, -0.2) is 66.5 Å². The molecule has 1 spiro atoms. The molecule has 0 aromatic heterocycles. The van der Waals surface area contributed by atoms with Gasteiger partial charge in [0.1, 0.15) is 17.8 Å². The van der Waals surface area contributed by atoms with E-state index in [1.54, 1.807) is 36.3 Å². The van der Waals surface area contributed by atoms with Gasteiger partial charge in [0, 0.05) is 30.0 Å². The highest BCUT2D eigenvalue weighted by Crippen LogP contribution is 2.39. The molecule has 3 amide bonds. The summed E-state index contributed by atoms with van der Waals surface area (Å²) in [6.45, 7) is 1.13. The van der Waals surface area contributed by atoms with Crippen molar-refractivity contribution in [2.75, 3.05) is 43.6 Å². The van der Waals surface area contributed by atoms with Gasteiger partial charge in [-0.15, -0.1) is 0 Å². The van der Waals surface area contributed by atoms with E-state index in [4.69, 9.17) is 4.74 Å². The average molecular weight is 575 g/mol. The second kappa shape index (κ2) is 12.0. The minimum absolute atomic E-state index is 0.0399. The molecule has 0 unspecified atom stereocenters. The van der Waals surface area contributed by atoms with E-state index in [1.165, 1.54) is 0 Å². The van der Waals surface area contributed by atoms with Gasteiger partial charge in [-0.25, -0.2) is 0 Å². The quantitative estimate of drug-likeness (QED) is 0.325. The maximum atomic E-state index is 14.0. The van der Waals surface area contributed by atoms with Crippen molar-refractivity contribution >= 4 is 29.1 Å². The Kier molecular flexibility index (Phi) is 7.83. The summed E-state index contributed by atoms with van der Waals surface area (Å²) in [6.07, 6.45) is 0.955. The molecule has 218 valence electrons. The number of carbonyl (C=O) groups excluding carboxylic acids is 3. The highest BCUT2D eigenvalue weighted by atomic mass is 16.5. The van der Waals surface area contributed by atoms with Crippen molar-refractivity contribution in [3.63, 3.8) is 0 Å². The number of ether oxygens (including phenoxy) is 1. The van der Waals surface area contributed by atoms with E-state index in [0.717, 1.165) is 16.8 Å². The third kappa shape index (κ3) is 5.68. The van der Waals surface area contributed by atoms with Gasteiger partial charge in [-0.05, 0) is 72.5 Å². The lowest BCUT2D eigenvalue weighted by molar-refractivity contribution is -0.136. The molecule has 2 heterocycles. The van der Waals surface area contributed by atoms with Crippen LogP contribution in [0.5, 0.6) is 5.75 Å². The molecule has 0 atom stereocenters. The molecule has 8 heteroatoms. The van der Waals surface area contributed by atoms with Gasteiger partial charge in [-0.1, -0.05) is 60.7 Å². The number of amides is 3. The van der Waals surface area contributed by atoms with Crippen LogP contribution in [0.4, 0.5) is 11.4 Å². The smallest absolute Gasteiger partial charge is 0.253 e. The number of rotatable bonds is 7. The zero-order valence-corrected chi connectivity index (χ0v) is 24.1. The maximum absolute atomic E-state index is 14.0. The standard InChI is InChI=1S/C35H34N4O4/c1-43-31-18-16-29(17-19-31)36-32(40)24-38-25-39(30-10-6-3-7-11-30)35(34(38)42)20-22-37(23-21-35)33(41)28-14-12-27(13-15-28)26-8-4-2-5-9-26/h2-19H,20-25H2,1H3,(H,36,40). The minimum Gasteiger partial charge on any atom is -0.497 e. The first kappa shape index (κ1) is 28.0. The van der Waals surface area contributed by atoms with E-state index in [2.05, 4.69) is 10.2 Å². The third-order valence-electron chi connectivity index (χ3n) is 8.41. The molecule has 43 heavy (non-hydrogen) atoms. The number of hydrogen-bond donors (Lipinski definition) is 1. The molecular weight excluding hydrogens is 540 g/mol. The largest absolute Gasteiger partial charge is 0.497 e. The van der Waals surface area contributed by atoms with Gasteiger partial charge in [-0.2, -0.15) is 0 Å². The molecule has 2 saturated heterocycles. The summed E-state index contributed by atoms with van der Waals surface area (Å²) in [5.74, 6) is 0.305. The number of methoxy groups -OCH3 is 1. The number of hydrogen-bond acceptors (Lipinski definition) is 5. The Morgan fingerprint density at radius 2 is 1.40 bits per heavy atom. The van der Waals surface area contributed by atoms with Crippen molar-refractivity contribution in [1.82, 2.24) is 9.80 Å². The zero-order valence-electron chi connectivity index (χ0n) is 24.1. The number of nitrogens with zero attached hydrogens (tertiary/aromatic N) is 3. The van der Waals surface area contributed by atoms with Gasteiger partial charge >= 0.3 is 0 Å². The summed E-state index contributed by atoms with van der Waals surface area (Å²) >= 11 is 0. The summed E-state index contributed by atoms with van der Waals surface area (Å²) in [5, 5.41) is 2.88. The highest BCUT2D eigenvalue weighted by Gasteiger charge is 2.54. The molecule has 2 aliphatic rings. The average Bonchev–Trinajstić information content (AvgIpc) is 3.32. The predicted octanol–water partition coefficient (Wildman–Crippen LogP) is 5.28. The van der Waals surface area contributed by atoms with Crippen molar-refractivity contribution in [1.29, 1.82) is 0 Å². The van der Waals surface area contributed by atoms with E-state index < -0.39 is 5.54 Å². The Labute approximate surface area is 251 Å². The Bertz CT molecular complexity index is 1580. The Balaban J connectivity index is 1.16.